The summed E-state index contributed by atoms with van der Waals surface area (Å²) in [7, 11) is 0. The first-order chi connectivity index (χ1) is 23.8. The molecule has 1 heterocycles. The molecule has 0 saturated heterocycles. The highest BCUT2D eigenvalue weighted by Crippen LogP contribution is 2.39. The van der Waals surface area contributed by atoms with Crippen molar-refractivity contribution in [2.24, 2.45) is 0 Å². The number of fused-ring (bicyclic) bond motifs is 6. The molecule has 8 aromatic carbocycles. The van der Waals surface area contributed by atoms with E-state index in [1.54, 1.807) is 0 Å². The fourth-order valence-corrected chi connectivity index (χ4v) is 6.72. The predicted molar refractivity (Wildman–Crippen MR) is 200 cm³/mol. The molecule has 0 fully saturated rings. The predicted octanol–water partition coefficient (Wildman–Crippen LogP) is 11.7. The zero-order chi connectivity index (χ0) is 31.9. The Labute approximate surface area is 278 Å². The number of aromatic nitrogens is 3. The normalized spacial score (nSPS) is 11.3. The quantitative estimate of drug-likeness (QED) is 0.182. The van der Waals surface area contributed by atoms with Crippen LogP contribution in [-0.4, -0.2) is 15.0 Å². The molecule has 48 heavy (non-hydrogen) atoms. The second kappa shape index (κ2) is 11.7. The van der Waals surface area contributed by atoms with Gasteiger partial charge in [0.05, 0.1) is 0 Å². The summed E-state index contributed by atoms with van der Waals surface area (Å²) in [5, 5.41) is 7.31. The Bertz CT molecular complexity index is 2580. The van der Waals surface area contributed by atoms with Gasteiger partial charge >= 0.3 is 0 Å². The molecule has 9 aromatic rings. The van der Waals surface area contributed by atoms with Gasteiger partial charge in [0.15, 0.2) is 17.5 Å². The monoisotopic (exact) mass is 611 g/mol. The summed E-state index contributed by atoms with van der Waals surface area (Å²) < 4.78 is 0. The number of benzene rings is 8. The van der Waals surface area contributed by atoms with E-state index in [1.165, 1.54) is 43.4 Å². The Morgan fingerprint density at radius 3 is 1.12 bits per heavy atom. The van der Waals surface area contributed by atoms with Crippen LogP contribution in [0.1, 0.15) is 0 Å². The maximum atomic E-state index is 5.11. The number of hydrogen-bond donors (Lipinski definition) is 0. The van der Waals surface area contributed by atoms with Crippen molar-refractivity contribution in [1.82, 2.24) is 15.0 Å². The summed E-state index contributed by atoms with van der Waals surface area (Å²) in [6, 6.07) is 61.7. The number of rotatable bonds is 5. The molecule has 1 aromatic heterocycles. The lowest BCUT2D eigenvalue weighted by atomic mass is 9.91. The lowest BCUT2D eigenvalue weighted by Gasteiger charge is -2.14. The van der Waals surface area contributed by atoms with Crippen molar-refractivity contribution in [2.45, 2.75) is 0 Å². The summed E-state index contributed by atoms with van der Waals surface area (Å²) >= 11 is 0. The molecule has 9 rings (SSSR count). The average molecular weight is 612 g/mol. The maximum Gasteiger partial charge on any atom is 0.164 e. The first kappa shape index (κ1) is 27.8. The molecular weight excluding hydrogens is 583 g/mol. The molecule has 0 amide bonds. The lowest BCUT2D eigenvalue weighted by Crippen LogP contribution is -2.00. The molecule has 0 aliphatic heterocycles. The lowest BCUT2D eigenvalue weighted by molar-refractivity contribution is 1.07. The third-order valence-corrected chi connectivity index (χ3v) is 9.10. The minimum Gasteiger partial charge on any atom is -0.208 e. The van der Waals surface area contributed by atoms with Crippen molar-refractivity contribution < 1.29 is 0 Å². The Kier molecular flexibility index (Phi) is 6.80. The minimum absolute atomic E-state index is 0.647. The van der Waals surface area contributed by atoms with Crippen molar-refractivity contribution in [2.75, 3.05) is 0 Å². The summed E-state index contributed by atoms with van der Waals surface area (Å²) in [6.45, 7) is 0. The fourth-order valence-electron chi connectivity index (χ4n) is 6.72. The molecule has 0 aliphatic rings. The van der Waals surface area contributed by atoms with E-state index in [4.69, 9.17) is 15.0 Å². The third kappa shape index (κ3) is 4.99. The highest BCUT2D eigenvalue weighted by Gasteiger charge is 2.16. The van der Waals surface area contributed by atoms with Crippen LogP contribution >= 0.6 is 0 Å². The largest absolute Gasteiger partial charge is 0.208 e. The first-order valence-corrected chi connectivity index (χ1v) is 16.2. The molecular formula is C45H29N3. The highest BCUT2D eigenvalue weighted by molar-refractivity contribution is 6.26. The van der Waals surface area contributed by atoms with Crippen molar-refractivity contribution in [3.63, 3.8) is 0 Å². The zero-order valence-electron chi connectivity index (χ0n) is 26.1. The Morgan fingerprint density at radius 2 is 0.562 bits per heavy atom. The summed E-state index contributed by atoms with van der Waals surface area (Å²) in [5.74, 6) is 1.95. The smallest absolute Gasteiger partial charge is 0.164 e. The van der Waals surface area contributed by atoms with Gasteiger partial charge in [-0.3, -0.25) is 0 Å². The van der Waals surface area contributed by atoms with Crippen LogP contribution in [0.15, 0.2) is 176 Å². The minimum atomic E-state index is 0.647. The topological polar surface area (TPSA) is 38.7 Å². The van der Waals surface area contributed by atoms with Gasteiger partial charge in [0.1, 0.15) is 0 Å². The number of nitrogens with zero attached hydrogens (tertiary/aromatic N) is 3. The van der Waals surface area contributed by atoms with Gasteiger partial charge in [-0.1, -0.05) is 158 Å². The zero-order valence-corrected chi connectivity index (χ0v) is 26.1. The van der Waals surface area contributed by atoms with Crippen LogP contribution in [0.2, 0.25) is 0 Å². The molecule has 0 aliphatic carbocycles. The molecule has 0 bridgehead atoms. The van der Waals surface area contributed by atoms with Crippen molar-refractivity contribution >= 4 is 32.3 Å². The Hall–Kier alpha value is -6.45. The second-order valence-electron chi connectivity index (χ2n) is 12.1. The third-order valence-electron chi connectivity index (χ3n) is 9.10. The average Bonchev–Trinajstić information content (AvgIpc) is 3.18. The van der Waals surface area contributed by atoms with E-state index >= 15 is 0 Å². The van der Waals surface area contributed by atoms with Gasteiger partial charge in [0.2, 0.25) is 0 Å². The van der Waals surface area contributed by atoms with E-state index in [1.807, 2.05) is 36.4 Å². The van der Waals surface area contributed by atoms with E-state index in [0.717, 1.165) is 27.8 Å². The summed E-state index contributed by atoms with van der Waals surface area (Å²) in [6.07, 6.45) is 0. The molecule has 3 nitrogen and oxygen atoms in total. The van der Waals surface area contributed by atoms with Gasteiger partial charge in [-0.05, 0) is 72.8 Å². The van der Waals surface area contributed by atoms with E-state index in [9.17, 15) is 0 Å². The van der Waals surface area contributed by atoms with Crippen LogP contribution in [0, 0.1) is 0 Å². The molecule has 0 radical (unpaired) electrons. The molecule has 0 unspecified atom stereocenters. The Morgan fingerprint density at radius 1 is 0.208 bits per heavy atom. The molecule has 3 heteroatoms. The maximum absolute atomic E-state index is 5.11. The van der Waals surface area contributed by atoms with E-state index in [-0.39, 0.29) is 0 Å². The standard InChI is InChI=1S/C45H29N3/c1-4-13-30(14-5-1)33-19-12-20-35(27-33)44-46-43(32-17-8-3-9-18-32)47-45(48-44)36-24-26-40-39-25-23-34(31-15-6-2-7-16-31)28-41(39)37-21-10-11-22-38(37)42(40)29-36/h1-29H. The van der Waals surface area contributed by atoms with Crippen molar-refractivity contribution in [3.8, 4) is 56.4 Å². The van der Waals surface area contributed by atoms with Crippen LogP contribution in [-0.2, 0) is 0 Å². The van der Waals surface area contributed by atoms with Gasteiger partial charge in [-0.15, -0.1) is 0 Å². The second-order valence-corrected chi connectivity index (χ2v) is 12.1. The van der Waals surface area contributed by atoms with Gasteiger partial charge in [0.25, 0.3) is 0 Å². The molecule has 0 N–H and O–H groups in total. The molecule has 224 valence electrons. The van der Waals surface area contributed by atoms with Crippen LogP contribution in [0.4, 0.5) is 0 Å². The molecule has 0 saturated carbocycles. The van der Waals surface area contributed by atoms with Crippen LogP contribution in [0.5, 0.6) is 0 Å². The van der Waals surface area contributed by atoms with Gasteiger partial charge in [-0.2, -0.15) is 0 Å². The highest BCUT2D eigenvalue weighted by atomic mass is 15.0. The van der Waals surface area contributed by atoms with Crippen molar-refractivity contribution in [3.05, 3.63) is 176 Å². The van der Waals surface area contributed by atoms with Crippen LogP contribution < -0.4 is 0 Å². The fraction of sp³-hybridized carbons (Fsp3) is 0. The summed E-state index contributed by atoms with van der Waals surface area (Å²) in [5.41, 5.74) is 7.56. The van der Waals surface area contributed by atoms with E-state index < -0.39 is 0 Å². The molecule has 0 atom stereocenters. The van der Waals surface area contributed by atoms with Crippen LogP contribution in [0.3, 0.4) is 0 Å². The first-order valence-electron chi connectivity index (χ1n) is 16.2. The van der Waals surface area contributed by atoms with Crippen molar-refractivity contribution in [1.29, 1.82) is 0 Å². The van der Waals surface area contributed by atoms with E-state index in [0.29, 0.717) is 17.5 Å². The van der Waals surface area contributed by atoms with Crippen LogP contribution in [0.25, 0.3) is 88.7 Å². The Balaban J connectivity index is 1.24. The summed E-state index contributed by atoms with van der Waals surface area (Å²) in [4.78, 5) is 15.2. The SMILES string of the molecule is c1ccc(-c2cccc(-c3nc(-c4ccccc4)nc(-c4ccc5c6ccc(-c7ccccc7)cc6c6ccccc6c5c4)n3)c2)cc1. The van der Waals surface area contributed by atoms with Gasteiger partial charge < -0.3 is 0 Å². The van der Waals surface area contributed by atoms with Gasteiger partial charge in [0, 0.05) is 16.7 Å². The van der Waals surface area contributed by atoms with Gasteiger partial charge in [-0.25, -0.2) is 15.0 Å². The van der Waals surface area contributed by atoms with E-state index in [2.05, 4.69) is 140 Å². The molecule has 0 spiro atoms. The number of hydrogen-bond acceptors (Lipinski definition) is 3.